The van der Waals surface area contributed by atoms with E-state index in [9.17, 15) is 9.18 Å². The van der Waals surface area contributed by atoms with Crippen LogP contribution in [0, 0.1) is 12.7 Å². The zero-order valence-corrected chi connectivity index (χ0v) is 13.9. The number of carbonyl (C=O) groups excluding carboxylic acids is 1. The Balaban J connectivity index is 1.68. The molecule has 122 valence electrons. The van der Waals surface area contributed by atoms with Gasteiger partial charge >= 0.3 is 0 Å². The van der Waals surface area contributed by atoms with E-state index in [1.807, 2.05) is 31.2 Å². The molecule has 23 heavy (non-hydrogen) atoms. The second kappa shape index (κ2) is 8.70. The van der Waals surface area contributed by atoms with Crippen molar-refractivity contribution in [1.29, 1.82) is 0 Å². The van der Waals surface area contributed by atoms with E-state index in [-0.39, 0.29) is 11.7 Å². The van der Waals surface area contributed by atoms with Crippen LogP contribution in [0.2, 0.25) is 0 Å². The Morgan fingerprint density at radius 1 is 1.17 bits per heavy atom. The Labute approximate surface area is 140 Å². The monoisotopic (exact) mass is 332 g/mol. The summed E-state index contributed by atoms with van der Waals surface area (Å²) in [6, 6.07) is 13.4. The summed E-state index contributed by atoms with van der Waals surface area (Å²) in [6.07, 6.45) is 0.828. The Morgan fingerprint density at radius 3 is 2.48 bits per heavy atom. The molecule has 0 aromatic heterocycles. The Morgan fingerprint density at radius 2 is 1.83 bits per heavy atom. The molecule has 2 aromatic carbocycles. The summed E-state index contributed by atoms with van der Waals surface area (Å²) >= 11 is 1.64. The molecule has 3 N–H and O–H groups in total. The second-order valence-electron chi connectivity index (χ2n) is 5.34. The van der Waals surface area contributed by atoms with Gasteiger partial charge in [-0.2, -0.15) is 0 Å². The fourth-order valence-electron chi connectivity index (χ4n) is 2.04. The zero-order valence-electron chi connectivity index (χ0n) is 13.1. The average Bonchev–Trinajstić information content (AvgIpc) is 2.56. The number of hydrogen-bond acceptors (Lipinski definition) is 3. The normalized spacial score (nSPS) is 12.0. The van der Waals surface area contributed by atoms with Gasteiger partial charge in [0.2, 0.25) is 5.91 Å². The predicted molar refractivity (Wildman–Crippen MR) is 92.9 cm³/mol. The topological polar surface area (TPSA) is 55.1 Å². The lowest BCUT2D eigenvalue weighted by Crippen LogP contribution is -2.34. The molecule has 1 amide bonds. The largest absolute Gasteiger partial charge is 0.354 e. The van der Waals surface area contributed by atoms with Crippen LogP contribution >= 0.6 is 11.8 Å². The number of rotatable bonds is 7. The van der Waals surface area contributed by atoms with Crippen molar-refractivity contribution >= 4 is 17.7 Å². The van der Waals surface area contributed by atoms with Gasteiger partial charge in [-0.3, -0.25) is 4.79 Å². The fraction of sp³-hybridized carbons (Fsp3) is 0.278. The molecule has 1 unspecified atom stereocenters. The van der Waals surface area contributed by atoms with Crippen molar-refractivity contribution in [3.63, 3.8) is 0 Å². The minimum Gasteiger partial charge on any atom is -0.354 e. The number of benzene rings is 2. The highest BCUT2D eigenvalue weighted by molar-refractivity contribution is 7.99. The number of halogens is 1. The van der Waals surface area contributed by atoms with Crippen LogP contribution in [0.25, 0.3) is 0 Å². The second-order valence-corrected chi connectivity index (χ2v) is 6.50. The third-order valence-corrected chi connectivity index (χ3v) is 4.52. The molecular weight excluding hydrogens is 311 g/mol. The molecule has 2 aromatic rings. The van der Waals surface area contributed by atoms with E-state index in [2.05, 4.69) is 5.32 Å². The standard InChI is InChI=1S/C18H21FN2OS/c1-13-3-5-14(6-4-13)17(20)18(22)21-11-2-12-23-16-9-7-15(19)8-10-16/h3-10,17H,2,11-12,20H2,1H3,(H,21,22). The van der Waals surface area contributed by atoms with E-state index in [1.165, 1.54) is 12.1 Å². The number of aryl methyl sites for hydroxylation is 1. The molecule has 2 rings (SSSR count). The minimum absolute atomic E-state index is 0.166. The molecule has 5 heteroatoms. The predicted octanol–water partition coefficient (Wildman–Crippen LogP) is 3.43. The van der Waals surface area contributed by atoms with Gasteiger partial charge in [0.25, 0.3) is 0 Å². The number of nitrogens with two attached hydrogens (primary N) is 1. The van der Waals surface area contributed by atoms with Gasteiger partial charge in [-0.1, -0.05) is 29.8 Å². The molecule has 0 saturated heterocycles. The number of thioether (sulfide) groups is 1. The van der Waals surface area contributed by atoms with Crippen LogP contribution in [-0.4, -0.2) is 18.2 Å². The molecule has 3 nitrogen and oxygen atoms in total. The van der Waals surface area contributed by atoms with Crippen LogP contribution in [-0.2, 0) is 4.79 Å². The number of nitrogens with one attached hydrogen (secondary N) is 1. The first-order valence-corrected chi connectivity index (χ1v) is 8.53. The molecule has 0 aliphatic heterocycles. The van der Waals surface area contributed by atoms with Crippen LogP contribution in [0.4, 0.5) is 4.39 Å². The van der Waals surface area contributed by atoms with Crippen LogP contribution in [0.3, 0.4) is 0 Å². The highest BCUT2D eigenvalue weighted by Crippen LogP contribution is 2.18. The molecule has 1 atom stereocenters. The van der Waals surface area contributed by atoms with E-state index in [1.54, 1.807) is 23.9 Å². The SMILES string of the molecule is Cc1ccc(C(N)C(=O)NCCCSc2ccc(F)cc2)cc1. The maximum Gasteiger partial charge on any atom is 0.241 e. The van der Waals surface area contributed by atoms with Gasteiger partial charge in [-0.05, 0) is 48.9 Å². The Hall–Kier alpha value is -1.85. The van der Waals surface area contributed by atoms with E-state index in [0.29, 0.717) is 6.54 Å². The van der Waals surface area contributed by atoms with Crippen molar-refractivity contribution in [1.82, 2.24) is 5.32 Å². The molecule has 0 heterocycles. The van der Waals surface area contributed by atoms with Crippen molar-refractivity contribution < 1.29 is 9.18 Å². The number of carbonyl (C=O) groups is 1. The molecule has 0 saturated carbocycles. The maximum absolute atomic E-state index is 12.8. The first kappa shape index (κ1) is 17.5. The molecule has 0 radical (unpaired) electrons. The first-order chi connectivity index (χ1) is 11.1. The Kier molecular flexibility index (Phi) is 6.62. The molecule has 0 spiro atoms. The summed E-state index contributed by atoms with van der Waals surface area (Å²) in [6.45, 7) is 2.57. The fourth-order valence-corrected chi connectivity index (χ4v) is 2.89. The van der Waals surface area contributed by atoms with Gasteiger partial charge < -0.3 is 11.1 Å². The summed E-state index contributed by atoms with van der Waals surface area (Å²) in [7, 11) is 0. The van der Waals surface area contributed by atoms with Crippen molar-refractivity contribution in [2.75, 3.05) is 12.3 Å². The van der Waals surface area contributed by atoms with Crippen LogP contribution in [0.5, 0.6) is 0 Å². The van der Waals surface area contributed by atoms with E-state index in [0.717, 1.165) is 28.2 Å². The van der Waals surface area contributed by atoms with Crippen molar-refractivity contribution in [3.05, 3.63) is 65.5 Å². The van der Waals surface area contributed by atoms with E-state index < -0.39 is 6.04 Å². The highest BCUT2D eigenvalue weighted by atomic mass is 32.2. The van der Waals surface area contributed by atoms with Crippen LogP contribution in [0.1, 0.15) is 23.6 Å². The van der Waals surface area contributed by atoms with E-state index >= 15 is 0 Å². The highest BCUT2D eigenvalue weighted by Gasteiger charge is 2.14. The third kappa shape index (κ3) is 5.69. The first-order valence-electron chi connectivity index (χ1n) is 7.54. The summed E-state index contributed by atoms with van der Waals surface area (Å²) in [5, 5.41) is 2.85. The van der Waals surface area contributed by atoms with Gasteiger partial charge in [-0.15, -0.1) is 11.8 Å². The van der Waals surface area contributed by atoms with Crippen molar-refractivity contribution in [2.45, 2.75) is 24.3 Å². The molecule has 0 bridgehead atoms. The van der Waals surface area contributed by atoms with Crippen LogP contribution < -0.4 is 11.1 Å². The van der Waals surface area contributed by atoms with Gasteiger partial charge in [0.15, 0.2) is 0 Å². The minimum atomic E-state index is -0.639. The van der Waals surface area contributed by atoms with Gasteiger partial charge in [0.05, 0.1) is 0 Å². The van der Waals surface area contributed by atoms with Crippen molar-refractivity contribution in [3.8, 4) is 0 Å². The van der Waals surface area contributed by atoms with Crippen molar-refractivity contribution in [2.24, 2.45) is 5.73 Å². The average molecular weight is 332 g/mol. The summed E-state index contributed by atoms with van der Waals surface area (Å²) < 4.78 is 12.8. The summed E-state index contributed by atoms with van der Waals surface area (Å²) in [4.78, 5) is 13.0. The molecule has 0 aliphatic carbocycles. The summed E-state index contributed by atoms with van der Waals surface area (Å²) in [5.41, 5.74) is 7.91. The van der Waals surface area contributed by atoms with E-state index in [4.69, 9.17) is 5.73 Å². The van der Waals surface area contributed by atoms with Gasteiger partial charge in [-0.25, -0.2) is 4.39 Å². The third-order valence-electron chi connectivity index (χ3n) is 3.42. The number of amides is 1. The smallest absolute Gasteiger partial charge is 0.241 e. The molecular formula is C18H21FN2OS. The molecule has 0 fully saturated rings. The quantitative estimate of drug-likeness (QED) is 0.603. The zero-order chi connectivity index (χ0) is 16.7. The maximum atomic E-state index is 12.8. The summed E-state index contributed by atoms with van der Waals surface area (Å²) in [5.74, 6) is 0.457. The van der Waals surface area contributed by atoms with Gasteiger partial charge in [0, 0.05) is 11.4 Å². The lowest BCUT2D eigenvalue weighted by atomic mass is 10.1. The van der Waals surface area contributed by atoms with Crippen LogP contribution in [0.15, 0.2) is 53.4 Å². The lowest BCUT2D eigenvalue weighted by molar-refractivity contribution is -0.122. The molecule has 0 aliphatic rings. The van der Waals surface area contributed by atoms with Gasteiger partial charge in [0.1, 0.15) is 11.9 Å². The number of hydrogen-bond donors (Lipinski definition) is 2. The lowest BCUT2D eigenvalue weighted by Gasteiger charge is -2.12. The Bertz CT molecular complexity index is 628.